The van der Waals surface area contributed by atoms with E-state index in [1.807, 2.05) is 0 Å². The van der Waals surface area contributed by atoms with Gasteiger partial charge < -0.3 is 0 Å². The number of benzene rings is 1. The van der Waals surface area contributed by atoms with Crippen LogP contribution in [-0.4, -0.2) is 6.67 Å². The second kappa shape index (κ2) is 4.06. The average Bonchev–Trinajstić information content (AvgIpc) is 2.03. The van der Waals surface area contributed by atoms with E-state index in [-0.39, 0.29) is 5.82 Å². The van der Waals surface area contributed by atoms with Crippen molar-refractivity contribution >= 4 is 0 Å². The summed E-state index contributed by atoms with van der Waals surface area (Å²) in [6.45, 7) is -0.395. The number of aryl methyl sites for hydroxylation is 1. The summed E-state index contributed by atoms with van der Waals surface area (Å²) in [7, 11) is 0. The lowest BCUT2D eigenvalue weighted by atomic mass is 10.1. The van der Waals surface area contributed by atoms with E-state index >= 15 is 0 Å². The van der Waals surface area contributed by atoms with Crippen LogP contribution >= 0.6 is 0 Å². The van der Waals surface area contributed by atoms with Crippen molar-refractivity contribution in [1.82, 2.24) is 0 Å². The van der Waals surface area contributed by atoms with Crippen molar-refractivity contribution in [2.75, 3.05) is 6.67 Å². The van der Waals surface area contributed by atoms with Gasteiger partial charge in [0.1, 0.15) is 5.82 Å². The van der Waals surface area contributed by atoms with Crippen molar-refractivity contribution in [3.8, 4) is 0 Å². The van der Waals surface area contributed by atoms with Gasteiger partial charge in [-0.3, -0.25) is 4.39 Å². The maximum absolute atomic E-state index is 12.8. The van der Waals surface area contributed by atoms with Crippen LogP contribution in [0.1, 0.15) is 12.0 Å². The van der Waals surface area contributed by atoms with Gasteiger partial charge in [0.25, 0.3) is 0 Å². The molecule has 2 heteroatoms. The molecule has 0 aliphatic carbocycles. The van der Waals surface area contributed by atoms with Crippen LogP contribution in [0.3, 0.4) is 0 Å². The fraction of sp³-hybridized carbons (Fsp3) is 0.333. The molecule has 1 radical (unpaired) electrons. The monoisotopic (exact) mass is 155 g/mol. The molecule has 0 nitrogen and oxygen atoms in total. The van der Waals surface area contributed by atoms with Gasteiger partial charge in [-0.1, -0.05) is 6.07 Å². The van der Waals surface area contributed by atoms with Crippen LogP contribution in [-0.2, 0) is 6.42 Å². The molecule has 1 aromatic rings. The van der Waals surface area contributed by atoms with Gasteiger partial charge >= 0.3 is 0 Å². The van der Waals surface area contributed by atoms with E-state index < -0.39 is 6.67 Å². The molecule has 1 rings (SSSR count). The first kappa shape index (κ1) is 8.18. The molecular formula is C9H9F2. The Labute approximate surface area is 64.9 Å². The van der Waals surface area contributed by atoms with Crippen LogP contribution in [0.15, 0.2) is 18.2 Å². The highest BCUT2D eigenvalue weighted by atomic mass is 19.1. The molecule has 0 heterocycles. The second-order valence-corrected chi connectivity index (χ2v) is 2.31. The number of hydrogen-bond donors (Lipinski definition) is 0. The largest absolute Gasteiger partial charge is 0.251 e. The highest BCUT2D eigenvalue weighted by Gasteiger charge is 1.98. The van der Waals surface area contributed by atoms with Crippen LogP contribution in [0, 0.1) is 11.9 Å². The Morgan fingerprint density at radius 2 is 2.27 bits per heavy atom. The lowest BCUT2D eigenvalue weighted by Crippen LogP contribution is -1.90. The van der Waals surface area contributed by atoms with Gasteiger partial charge in [-0.25, -0.2) is 4.39 Å². The number of alkyl halides is 1. The Hall–Kier alpha value is -0.920. The summed E-state index contributed by atoms with van der Waals surface area (Å²) in [5.41, 5.74) is 0.546. The van der Waals surface area contributed by atoms with Crippen LogP contribution in [0.5, 0.6) is 0 Å². The van der Waals surface area contributed by atoms with Gasteiger partial charge in [-0.15, -0.1) is 0 Å². The maximum atomic E-state index is 12.8. The molecule has 0 bridgehead atoms. The number of halogens is 2. The van der Waals surface area contributed by atoms with E-state index in [2.05, 4.69) is 6.07 Å². The Kier molecular flexibility index (Phi) is 3.02. The summed E-state index contributed by atoms with van der Waals surface area (Å²) in [4.78, 5) is 0. The molecule has 0 saturated carbocycles. The molecule has 0 aromatic heterocycles. The molecule has 0 amide bonds. The van der Waals surface area contributed by atoms with Crippen LogP contribution in [0.4, 0.5) is 8.78 Å². The minimum atomic E-state index is -0.395. The molecule has 0 N–H and O–H groups in total. The molecule has 0 spiro atoms. The summed E-state index contributed by atoms with van der Waals surface area (Å²) < 4.78 is 24.4. The summed E-state index contributed by atoms with van der Waals surface area (Å²) in [5.74, 6) is -0.266. The van der Waals surface area contributed by atoms with Gasteiger partial charge in [-0.2, -0.15) is 0 Å². The zero-order valence-corrected chi connectivity index (χ0v) is 6.11. The third kappa shape index (κ3) is 2.30. The third-order valence-corrected chi connectivity index (χ3v) is 1.47. The first-order chi connectivity index (χ1) is 5.34. The molecule has 0 fully saturated rings. The predicted octanol–water partition coefficient (Wildman–Crippen LogP) is 2.53. The van der Waals surface area contributed by atoms with Crippen molar-refractivity contribution in [3.05, 3.63) is 35.6 Å². The van der Waals surface area contributed by atoms with Crippen LogP contribution in [0.25, 0.3) is 0 Å². The minimum absolute atomic E-state index is 0.266. The smallest absolute Gasteiger partial charge is 0.126 e. The van der Waals surface area contributed by atoms with Gasteiger partial charge in [0, 0.05) is 0 Å². The molecule has 0 aliphatic rings. The summed E-state index contributed by atoms with van der Waals surface area (Å²) in [6.07, 6.45) is 0.842. The van der Waals surface area contributed by atoms with Crippen molar-refractivity contribution in [1.29, 1.82) is 0 Å². The lowest BCUT2D eigenvalue weighted by Gasteiger charge is -1.98. The highest BCUT2D eigenvalue weighted by Crippen LogP contribution is 2.07. The van der Waals surface area contributed by atoms with Crippen LogP contribution < -0.4 is 0 Å². The fourth-order valence-corrected chi connectivity index (χ4v) is 0.895. The summed E-state index contributed by atoms with van der Waals surface area (Å²) in [6, 6.07) is 7.16. The molecule has 11 heavy (non-hydrogen) atoms. The van der Waals surface area contributed by atoms with Crippen molar-refractivity contribution in [2.45, 2.75) is 12.8 Å². The quantitative estimate of drug-likeness (QED) is 0.629. The van der Waals surface area contributed by atoms with E-state index in [1.165, 1.54) is 12.1 Å². The van der Waals surface area contributed by atoms with E-state index in [4.69, 9.17) is 0 Å². The highest BCUT2D eigenvalue weighted by molar-refractivity contribution is 5.16. The molecule has 0 aliphatic heterocycles. The van der Waals surface area contributed by atoms with Gasteiger partial charge in [0.15, 0.2) is 0 Å². The fourth-order valence-electron chi connectivity index (χ4n) is 0.895. The SMILES string of the molecule is FCCCc1c[c]ccc1F. The normalized spacial score (nSPS) is 10.0. The maximum Gasteiger partial charge on any atom is 0.126 e. The molecule has 0 unspecified atom stereocenters. The Balaban J connectivity index is 2.62. The zero-order chi connectivity index (χ0) is 8.10. The molecule has 1 aromatic carbocycles. The first-order valence-corrected chi connectivity index (χ1v) is 3.55. The third-order valence-electron chi connectivity index (χ3n) is 1.47. The standard InChI is InChI=1S/C9H9F2/c10-7-3-5-8-4-1-2-6-9(8)11/h2,4,6H,3,5,7H2. The van der Waals surface area contributed by atoms with Gasteiger partial charge in [-0.05, 0) is 36.6 Å². The topological polar surface area (TPSA) is 0 Å². The van der Waals surface area contributed by atoms with Crippen molar-refractivity contribution in [2.24, 2.45) is 0 Å². The Morgan fingerprint density at radius 3 is 2.91 bits per heavy atom. The molecular weight excluding hydrogens is 146 g/mol. The van der Waals surface area contributed by atoms with Crippen molar-refractivity contribution in [3.63, 3.8) is 0 Å². The molecule has 0 atom stereocenters. The number of rotatable bonds is 3. The summed E-state index contributed by atoms with van der Waals surface area (Å²) >= 11 is 0. The van der Waals surface area contributed by atoms with E-state index in [0.29, 0.717) is 18.4 Å². The van der Waals surface area contributed by atoms with Gasteiger partial charge in [0.05, 0.1) is 6.67 Å². The van der Waals surface area contributed by atoms with Crippen molar-refractivity contribution < 1.29 is 8.78 Å². The first-order valence-electron chi connectivity index (χ1n) is 3.55. The molecule has 0 saturated heterocycles. The van der Waals surface area contributed by atoms with E-state index in [9.17, 15) is 8.78 Å². The lowest BCUT2D eigenvalue weighted by molar-refractivity contribution is 0.469. The van der Waals surface area contributed by atoms with Gasteiger partial charge in [0.2, 0.25) is 0 Å². The zero-order valence-electron chi connectivity index (χ0n) is 6.11. The Morgan fingerprint density at radius 1 is 1.45 bits per heavy atom. The summed E-state index contributed by atoms with van der Waals surface area (Å²) in [5, 5.41) is 0. The van der Waals surface area contributed by atoms with E-state index in [0.717, 1.165) is 0 Å². The second-order valence-electron chi connectivity index (χ2n) is 2.31. The van der Waals surface area contributed by atoms with E-state index in [1.54, 1.807) is 6.07 Å². The minimum Gasteiger partial charge on any atom is -0.251 e. The van der Waals surface area contributed by atoms with Crippen LogP contribution in [0.2, 0.25) is 0 Å². The number of hydrogen-bond acceptors (Lipinski definition) is 0. The predicted molar refractivity (Wildman–Crippen MR) is 39.5 cm³/mol. The molecule has 59 valence electrons. The average molecular weight is 155 g/mol. The Bertz CT molecular complexity index is 221.